The van der Waals surface area contributed by atoms with Crippen LogP contribution in [0.15, 0.2) is 18.6 Å². The zero-order valence-corrected chi connectivity index (χ0v) is 14.2. The Hall–Kier alpha value is -2.03. The third-order valence-corrected chi connectivity index (χ3v) is 3.90. The minimum absolute atomic E-state index is 0.0497. The third-order valence-electron chi connectivity index (χ3n) is 3.90. The number of aromatic nitrogens is 4. The molecule has 130 valence electrons. The van der Waals surface area contributed by atoms with Crippen LogP contribution >= 0.6 is 0 Å². The molecule has 8 nitrogen and oxygen atoms in total. The lowest BCUT2D eigenvalue weighted by molar-refractivity contribution is -0.0354. The summed E-state index contributed by atoms with van der Waals surface area (Å²) >= 11 is 0. The van der Waals surface area contributed by atoms with Crippen LogP contribution in [-0.2, 0) is 16.0 Å². The summed E-state index contributed by atoms with van der Waals surface area (Å²) in [5, 5.41) is 3.25. The van der Waals surface area contributed by atoms with Crippen molar-refractivity contribution in [3.05, 3.63) is 35.8 Å². The zero-order valence-electron chi connectivity index (χ0n) is 14.2. The first-order chi connectivity index (χ1) is 11.7. The molecule has 0 unspecified atom stereocenters. The van der Waals surface area contributed by atoms with E-state index in [1.165, 1.54) is 0 Å². The maximum Gasteiger partial charge on any atom is 0.130 e. The molecule has 2 aromatic rings. The van der Waals surface area contributed by atoms with Gasteiger partial charge >= 0.3 is 0 Å². The number of ether oxygens (including phenoxy) is 2. The summed E-state index contributed by atoms with van der Waals surface area (Å²) in [4.78, 5) is 18.5. The van der Waals surface area contributed by atoms with Crippen LogP contribution in [0.5, 0.6) is 0 Å². The highest BCUT2D eigenvalue weighted by molar-refractivity contribution is 5.36. The van der Waals surface area contributed by atoms with Gasteiger partial charge in [0.05, 0.1) is 25.2 Å². The van der Waals surface area contributed by atoms with Crippen molar-refractivity contribution in [2.24, 2.45) is 0 Å². The first-order valence-corrected chi connectivity index (χ1v) is 8.14. The van der Waals surface area contributed by atoms with Crippen LogP contribution in [0.2, 0.25) is 0 Å². The maximum atomic E-state index is 5.94. The van der Waals surface area contributed by atoms with Crippen molar-refractivity contribution in [2.75, 3.05) is 45.3 Å². The van der Waals surface area contributed by atoms with Gasteiger partial charge in [0, 0.05) is 51.2 Å². The minimum Gasteiger partial charge on any atom is -0.383 e. The van der Waals surface area contributed by atoms with Gasteiger partial charge < -0.3 is 19.8 Å². The molecule has 1 fully saturated rings. The predicted octanol–water partition coefficient (Wildman–Crippen LogP) is 1.14. The summed E-state index contributed by atoms with van der Waals surface area (Å²) in [7, 11) is 1.68. The molecular weight excluding hydrogens is 308 g/mol. The second-order valence-electron chi connectivity index (χ2n) is 5.82. The van der Waals surface area contributed by atoms with Crippen molar-refractivity contribution < 1.29 is 9.47 Å². The fraction of sp³-hybridized carbons (Fsp3) is 0.562. The predicted molar refractivity (Wildman–Crippen MR) is 89.7 cm³/mol. The summed E-state index contributed by atoms with van der Waals surface area (Å²) in [6.07, 6.45) is 3.52. The van der Waals surface area contributed by atoms with Crippen molar-refractivity contribution >= 4 is 5.82 Å². The van der Waals surface area contributed by atoms with Gasteiger partial charge in [-0.2, -0.15) is 0 Å². The summed E-state index contributed by atoms with van der Waals surface area (Å²) < 4.78 is 11.0. The molecule has 8 heteroatoms. The number of imidazole rings is 1. The Morgan fingerprint density at radius 3 is 3.17 bits per heavy atom. The van der Waals surface area contributed by atoms with Crippen LogP contribution in [0.25, 0.3) is 0 Å². The van der Waals surface area contributed by atoms with E-state index in [0.29, 0.717) is 19.8 Å². The molecule has 0 radical (unpaired) electrons. The molecule has 0 aromatic carbocycles. The Morgan fingerprint density at radius 2 is 2.38 bits per heavy atom. The van der Waals surface area contributed by atoms with Crippen molar-refractivity contribution in [2.45, 2.75) is 19.6 Å². The molecule has 0 spiro atoms. The van der Waals surface area contributed by atoms with E-state index < -0.39 is 0 Å². The van der Waals surface area contributed by atoms with Gasteiger partial charge in [-0.1, -0.05) is 0 Å². The number of hydrogen-bond donors (Lipinski definition) is 2. The lowest BCUT2D eigenvalue weighted by Gasteiger charge is -2.32. The van der Waals surface area contributed by atoms with E-state index >= 15 is 0 Å². The average molecular weight is 332 g/mol. The Morgan fingerprint density at radius 1 is 1.46 bits per heavy atom. The molecule has 1 aliphatic rings. The first-order valence-electron chi connectivity index (χ1n) is 8.14. The molecule has 2 N–H and O–H groups in total. The number of hydrogen-bond acceptors (Lipinski definition) is 7. The minimum atomic E-state index is -0.0497. The normalized spacial score (nSPS) is 18.7. The van der Waals surface area contributed by atoms with Gasteiger partial charge in [-0.25, -0.2) is 15.0 Å². The van der Waals surface area contributed by atoms with Gasteiger partial charge in [0.15, 0.2) is 0 Å². The quantitative estimate of drug-likeness (QED) is 0.735. The fourth-order valence-corrected chi connectivity index (χ4v) is 2.76. The fourth-order valence-electron chi connectivity index (χ4n) is 2.76. The number of methoxy groups -OCH3 is 1. The summed E-state index contributed by atoms with van der Waals surface area (Å²) in [5.41, 5.74) is 2.02. The van der Waals surface area contributed by atoms with Gasteiger partial charge in [0.25, 0.3) is 0 Å². The second kappa shape index (κ2) is 8.18. The molecule has 0 saturated carbocycles. The van der Waals surface area contributed by atoms with E-state index in [1.54, 1.807) is 13.4 Å². The lowest BCUT2D eigenvalue weighted by atomic mass is 10.2. The smallest absolute Gasteiger partial charge is 0.130 e. The molecule has 0 bridgehead atoms. The van der Waals surface area contributed by atoms with Gasteiger partial charge in [-0.15, -0.1) is 0 Å². The van der Waals surface area contributed by atoms with E-state index in [1.807, 2.05) is 19.2 Å². The van der Waals surface area contributed by atoms with Gasteiger partial charge in [-0.05, 0) is 6.92 Å². The van der Waals surface area contributed by atoms with Crippen LogP contribution in [-0.4, -0.2) is 64.8 Å². The van der Waals surface area contributed by atoms with E-state index in [-0.39, 0.29) is 6.10 Å². The van der Waals surface area contributed by atoms with Gasteiger partial charge in [-0.3, -0.25) is 4.90 Å². The van der Waals surface area contributed by atoms with E-state index in [4.69, 9.17) is 9.47 Å². The van der Waals surface area contributed by atoms with Crippen LogP contribution < -0.4 is 5.32 Å². The standard InChI is InChI=1S/C16H24N6O2/c1-12-20-14(7-16(21-12)18-3-5-23-2)15-10-22(4-6-24-15)9-13-8-17-11-19-13/h7-8,11,15H,3-6,9-10H2,1-2H3,(H,17,19)(H,18,20,21)/t15-/m1/s1. The van der Waals surface area contributed by atoms with Crippen LogP contribution in [0, 0.1) is 6.92 Å². The number of nitrogens with one attached hydrogen (secondary N) is 2. The Bertz CT molecular complexity index is 634. The summed E-state index contributed by atoms with van der Waals surface area (Å²) in [5.74, 6) is 1.55. The lowest BCUT2D eigenvalue weighted by Crippen LogP contribution is -2.38. The number of rotatable bonds is 7. The van der Waals surface area contributed by atoms with Crippen LogP contribution in [0.1, 0.15) is 23.3 Å². The summed E-state index contributed by atoms with van der Waals surface area (Å²) in [6, 6.07) is 1.97. The molecule has 2 aromatic heterocycles. The highest BCUT2D eigenvalue weighted by Crippen LogP contribution is 2.23. The largest absolute Gasteiger partial charge is 0.383 e. The average Bonchev–Trinajstić information content (AvgIpc) is 3.08. The van der Waals surface area contributed by atoms with Crippen LogP contribution in [0.4, 0.5) is 5.82 Å². The van der Waals surface area contributed by atoms with Crippen LogP contribution in [0.3, 0.4) is 0 Å². The number of aryl methyl sites for hydroxylation is 1. The van der Waals surface area contributed by atoms with Crippen molar-refractivity contribution in [3.8, 4) is 0 Å². The summed E-state index contributed by atoms with van der Waals surface area (Å²) in [6.45, 7) is 6.47. The molecule has 24 heavy (non-hydrogen) atoms. The van der Waals surface area contributed by atoms with E-state index in [2.05, 4.69) is 30.2 Å². The molecule has 0 amide bonds. The Labute approximate surface area is 141 Å². The molecule has 1 saturated heterocycles. The second-order valence-corrected chi connectivity index (χ2v) is 5.82. The number of H-pyrrole nitrogens is 1. The zero-order chi connectivity index (χ0) is 16.8. The number of aromatic amines is 1. The van der Waals surface area contributed by atoms with Crippen molar-refractivity contribution in [1.29, 1.82) is 0 Å². The maximum absolute atomic E-state index is 5.94. The van der Waals surface area contributed by atoms with Crippen molar-refractivity contribution in [1.82, 2.24) is 24.8 Å². The molecule has 1 atom stereocenters. The molecule has 0 aliphatic carbocycles. The van der Waals surface area contributed by atoms with Gasteiger partial charge in [0.2, 0.25) is 0 Å². The Kier molecular flexibility index (Phi) is 5.73. The number of morpholine rings is 1. The highest BCUT2D eigenvalue weighted by Gasteiger charge is 2.24. The molecule has 1 aliphatic heterocycles. The van der Waals surface area contributed by atoms with E-state index in [0.717, 1.165) is 42.7 Å². The van der Waals surface area contributed by atoms with E-state index in [9.17, 15) is 0 Å². The topological polar surface area (TPSA) is 88.2 Å². The molecule has 3 rings (SSSR count). The molecule has 3 heterocycles. The third kappa shape index (κ3) is 4.50. The number of nitrogens with zero attached hydrogens (tertiary/aromatic N) is 4. The monoisotopic (exact) mass is 332 g/mol. The molecular formula is C16H24N6O2. The SMILES string of the molecule is COCCNc1cc([C@H]2CN(Cc3cnc[nH]3)CCO2)nc(C)n1. The van der Waals surface area contributed by atoms with Gasteiger partial charge in [0.1, 0.15) is 17.7 Å². The van der Waals surface area contributed by atoms with Crippen molar-refractivity contribution in [3.63, 3.8) is 0 Å². The number of anilines is 1. The highest BCUT2D eigenvalue weighted by atomic mass is 16.5. The Balaban J connectivity index is 1.66. The first kappa shape index (κ1) is 16.8.